The summed E-state index contributed by atoms with van der Waals surface area (Å²) in [6.45, 7) is 4.56. The van der Waals surface area contributed by atoms with Crippen LogP contribution in [0, 0.1) is 5.92 Å². The summed E-state index contributed by atoms with van der Waals surface area (Å²) >= 11 is 3.37. The molecule has 0 aromatic carbocycles. The van der Waals surface area contributed by atoms with E-state index in [0.717, 1.165) is 29.8 Å². The molecule has 16 heavy (non-hydrogen) atoms. The van der Waals surface area contributed by atoms with Crippen molar-refractivity contribution in [3.8, 4) is 0 Å². The van der Waals surface area contributed by atoms with Gasteiger partial charge in [0.2, 0.25) is 0 Å². The molecule has 1 saturated heterocycles. The fraction of sp³-hybridized carbons (Fsp3) is 0.500. The Bertz CT molecular complexity index is 377. The minimum atomic E-state index is 0.171. The highest BCUT2D eigenvalue weighted by atomic mass is 79.9. The molecule has 0 bridgehead atoms. The normalized spacial score (nSPS) is 22.4. The number of carbonyl (C=O) groups is 1. The lowest BCUT2D eigenvalue weighted by atomic mass is 9.98. The molecule has 1 unspecified atom stereocenters. The molecular formula is C12H15BrN2O. The largest absolute Gasteiger partial charge is 0.299 e. The smallest absolute Gasteiger partial charge is 0.138 e. The molecule has 1 aromatic heterocycles. The van der Waals surface area contributed by atoms with Crippen LogP contribution >= 0.6 is 15.9 Å². The van der Waals surface area contributed by atoms with E-state index in [9.17, 15) is 4.79 Å². The molecule has 2 rings (SSSR count). The van der Waals surface area contributed by atoms with Crippen LogP contribution in [0.1, 0.15) is 19.0 Å². The Morgan fingerprint density at radius 1 is 1.56 bits per heavy atom. The van der Waals surface area contributed by atoms with Gasteiger partial charge in [-0.05, 0) is 28.1 Å². The van der Waals surface area contributed by atoms with E-state index in [1.807, 2.05) is 25.3 Å². The molecule has 1 atom stereocenters. The maximum Gasteiger partial charge on any atom is 0.138 e. The van der Waals surface area contributed by atoms with Crippen LogP contribution in [-0.2, 0) is 11.3 Å². The Morgan fingerprint density at radius 2 is 2.38 bits per heavy atom. The predicted molar refractivity (Wildman–Crippen MR) is 66.0 cm³/mol. The zero-order valence-electron chi connectivity index (χ0n) is 9.32. The van der Waals surface area contributed by atoms with Gasteiger partial charge in [-0.15, -0.1) is 0 Å². The summed E-state index contributed by atoms with van der Waals surface area (Å²) in [5, 5.41) is 0. The molecule has 0 radical (unpaired) electrons. The van der Waals surface area contributed by atoms with Gasteiger partial charge in [-0.2, -0.15) is 0 Å². The van der Waals surface area contributed by atoms with E-state index in [1.54, 1.807) is 0 Å². The van der Waals surface area contributed by atoms with Gasteiger partial charge in [-0.1, -0.05) is 6.92 Å². The van der Waals surface area contributed by atoms with E-state index >= 15 is 0 Å². The third kappa shape index (κ3) is 2.89. The number of hydrogen-bond donors (Lipinski definition) is 0. The van der Waals surface area contributed by atoms with Crippen LogP contribution in [0.4, 0.5) is 0 Å². The Morgan fingerprint density at radius 3 is 3.00 bits per heavy atom. The fourth-order valence-corrected chi connectivity index (χ4v) is 2.20. The third-order valence-electron chi connectivity index (χ3n) is 2.93. The lowest BCUT2D eigenvalue weighted by Gasteiger charge is -2.29. The van der Waals surface area contributed by atoms with Crippen molar-refractivity contribution < 1.29 is 4.79 Å². The second-order valence-corrected chi connectivity index (χ2v) is 5.24. The van der Waals surface area contributed by atoms with Gasteiger partial charge < -0.3 is 0 Å². The number of rotatable bonds is 2. The Balaban J connectivity index is 1.95. The molecule has 0 spiro atoms. The van der Waals surface area contributed by atoms with Crippen LogP contribution in [0.5, 0.6) is 0 Å². The summed E-state index contributed by atoms with van der Waals surface area (Å²) in [5.41, 5.74) is 1.06. The van der Waals surface area contributed by atoms with Crippen LogP contribution in [0.25, 0.3) is 0 Å². The first-order chi connectivity index (χ1) is 7.65. The summed E-state index contributed by atoms with van der Waals surface area (Å²) in [6, 6.07) is 4.02. The summed E-state index contributed by atoms with van der Waals surface area (Å²) in [5.74, 6) is 0.559. The van der Waals surface area contributed by atoms with Crippen LogP contribution in [0.15, 0.2) is 22.8 Å². The lowest BCUT2D eigenvalue weighted by Crippen LogP contribution is -2.39. The van der Waals surface area contributed by atoms with Crippen molar-refractivity contribution in [2.75, 3.05) is 13.1 Å². The average molecular weight is 283 g/mol. The number of nitrogens with zero attached hydrogens (tertiary/aromatic N) is 2. The minimum absolute atomic E-state index is 0.171. The van der Waals surface area contributed by atoms with Crippen molar-refractivity contribution in [2.45, 2.75) is 19.9 Å². The zero-order valence-corrected chi connectivity index (χ0v) is 10.9. The summed E-state index contributed by atoms with van der Waals surface area (Å²) in [7, 11) is 0. The van der Waals surface area contributed by atoms with E-state index in [4.69, 9.17) is 0 Å². The molecule has 1 aliphatic heterocycles. The molecule has 2 heterocycles. The number of likely N-dealkylation sites (tertiary alicyclic amines) is 1. The summed E-state index contributed by atoms with van der Waals surface area (Å²) in [4.78, 5) is 18.0. The molecule has 0 N–H and O–H groups in total. The highest BCUT2D eigenvalue weighted by molar-refractivity contribution is 9.10. The molecule has 1 aliphatic rings. The molecule has 86 valence electrons. The third-order valence-corrected chi connectivity index (χ3v) is 3.40. The first-order valence-corrected chi connectivity index (χ1v) is 6.30. The van der Waals surface area contributed by atoms with E-state index < -0.39 is 0 Å². The van der Waals surface area contributed by atoms with Gasteiger partial charge in [0.1, 0.15) is 5.78 Å². The number of carbonyl (C=O) groups excluding carboxylic acids is 1. The van der Waals surface area contributed by atoms with E-state index in [2.05, 4.69) is 25.8 Å². The van der Waals surface area contributed by atoms with Crippen LogP contribution < -0.4 is 0 Å². The van der Waals surface area contributed by atoms with Crippen molar-refractivity contribution in [1.29, 1.82) is 0 Å². The SMILES string of the molecule is CC1CN(Cc2ccc(Br)cn2)CCC1=O. The van der Waals surface area contributed by atoms with Crippen molar-refractivity contribution in [3.05, 3.63) is 28.5 Å². The fourth-order valence-electron chi connectivity index (χ4n) is 1.97. The second kappa shape index (κ2) is 5.06. The molecule has 4 heteroatoms. The topological polar surface area (TPSA) is 33.2 Å². The number of Topliss-reactive ketones (excluding diaryl/α,β-unsaturated/α-hetero) is 1. The summed E-state index contributed by atoms with van der Waals surface area (Å²) < 4.78 is 0.999. The maximum absolute atomic E-state index is 11.4. The number of pyridine rings is 1. The molecule has 0 aliphatic carbocycles. The zero-order chi connectivity index (χ0) is 11.5. The first kappa shape index (κ1) is 11.7. The first-order valence-electron chi connectivity index (χ1n) is 5.50. The Hall–Kier alpha value is -0.740. The minimum Gasteiger partial charge on any atom is -0.299 e. The van der Waals surface area contributed by atoms with Gasteiger partial charge in [0.05, 0.1) is 5.69 Å². The monoisotopic (exact) mass is 282 g/mol. The second-order valence-electron chi connectivity index (χ2n) is 4.32. The van der Waals surface area contributed by atoms with Crippen LogP contribution in [-0.4, -0.2) is 28.8 Å². The molecule has 3 nitrogen and oxygen atoms in total. The van der Waals surface area contributed by atoms with Crippen LogP contribution in [0.2, 0.25) is 0 Å². The standard InChI is InChI=1S/C12H15BrN2O/c1-9-7-15(5-4-12(9)16)8-11-3-2-10(13)6-14-11/h2-3,6,9H,4-5,7-8H2,1H3. The van der Waals surface area contributed by atoms with E-state index in [0.29, 0.717) is 12.2 Å². The predicted octanol–water partition coefficient (Wildman–Crippen LogP) is 2.25. The van der Waals surface area contributed by atoms with Crippen molar-refractivity contribution in [3.63, 3.8) is 0 Å². The maximum atomic E-state index is 11.4. The van der Waals surface area contributed by atoms with Crippen molar-refractivity contribution in [1.82, 2.24) is 9.88 Å². The van der Waals surface area contributed by atoms with Crippen molar-refractivity contribution >= 4 is 21.7 Å². The highest BCUT2D eigenvalue weighted by Crippen LogP contribution is 2.15. The summed E-state index contributed by atoms with van der Waals surface area (Å²) in [6.07, 6.45) is 2.49. The van der Waals surface area contributed by atoms with E-state index in [1.165, 1.54) is 0 Å². The number of hydrogen-bond acceptors (Lipinski definition) is 3. The number of ketones is 1. The van der Waals surface area contributed by atoms with Gasteiger partial charge in [-0.25, -0.2) is 0 Å². The van der Waals surface area contributed by atoms with Crippen molar-refractivity contribution in [2.24, 2.45) is 5.92 Å². The van der Waals surface area contributed by atoms with Gasteiger partial charge >= 0.3 is 0 Å². The molecule has 1 fully saturated rings. The van der Waals surface area contributed by atoms with Crippen LogP contribution in [0.3, 0.4) is 0 Å². The number of halogens is 1. The van der Waals surface area contributed by atoms with Gasteiger partial charge in [0.25, 0.3) is 0 Å². The van der Waals surface area contributed by atoms with Gasteiger partial charge in [0.15, 0.2) is 0 Å². The van der Waals surface area contributed by atoms with Gasteiger partial charge in [0, 0.05) is 42.6 Å². The lowest BCUT2D eigenvalue weighted by molar-refractivity contribution is -0.125. The molecule has 0 saturated carbocycles. The van der Waals surface area contributed by atoms with E-state index in [-0.39, 0.29) is 5.92 Å². The molecular weight excluding hydrogens is 268 g/mol. The molecule has 1 aromatic rings. The Labute approximate surface area is 104 Å². The Kier molecular flexibility index (Phi) is 3.71. The molecule has 0 amide bonds. The highest BCUT2D eigenvalue weighted by Gasteiger charge is 2.23. The quantitative estimate of drug-likeness (QED) is 0.834. The average Bonchev–Trinajstić information content (AvgIpc) is 2.27. The number of piperidine rings is 1. The number of aromatic nitrogens is 1. The van der Waals surface area contributed by atoms with Gasteiger partial charge in [-0.3, -0.25) is 14.7 Å².